The minimum Gasteiger partial charge on any atom is -0.166 e. The Balaban J connectivity index is 2.11. The molecule has 0 spiro atoms. The van der Waals surface area contributed by atoms with Gasteiger partial charge in [0, 0.05) is 5.57 Å². The number of hydrogen-bond donors (Lipinski definition) is 0. The van der Waals surface area contributed by atoms with Crippen LogP contribution in [0.2, 0.25) is 0 Å². The molecule has 2 aliphatic rings. The highest BCUT2D eigenvalue weighted by Gasteiger charge is 2.47. The minimum atomic E-state index is -4.06. The van der Waals surface area contributed by atoms with Crippen LogP contribution in [0.25, 0.3) is 0 Å². The van der Waals surface area contributed by atoms with Crippen molar-refractivity contribution in [1.82, 2.24) is 0 Å². The highest BCUT2D eigenvalue weighted by atomic mass is 19.4. The largest absolute Gasteiger partial charge is 0.412 e. The SMILES string of the molecule is FC(F)(F)C1=CC2CCCCC12. The maximum atomic E-state index is 12.2. The molecule has 0 bridgehead atoms. The van der Waals surface area contributed by atoms with Gasteiger partial charge in [-0.05, 0) is 24.7 Å². The Morgan fingerprint density at radius 3 is 2.42 bits per heavy atom. The lowest BCUT2D eigenvalue weighted by atomic mass is 9.66. The molecule has 0 N–H and O–H groups in total. The molecule has 68 valence electrons. The van der Waals surface area contributed by atoms with Crippen LogP contribution in [-0.2, 0) is 0 Å². The number of halogens is 3. The van der Waals surface area contributed by atoms with Crippen LogP contribution in [0.15, 0.2) is 11.6 Å². The second-order valence-corrected chi connectivity index (χ2v) is 3.67. The van der Waals surface area contributed by atoms with Crippen molar-refractivity contribution in [3.63, 3.8) is 0 Å². The van der Waals surface area contributed by atoms with Gasteiger partial charge < -0.3 is 0 Å². The fourth-order valence-electron chi connectivity index (χ4n) is 2.29. The van der Waals surface area contributed by atoms with E-state index in [9.17, 15) is 13.2 Å². The third-order valence-electron chi connectivity index (χ3n) is 2.94. The first-order valence-electron chi connectivity index (χ1n) is 4.38. The molecule has 0 aromatic carbocycles. The molecule has 0 amide bonds. The first-order chi connectivity index (χ1) is 5.59. The summed E-state index contributed by atoms with van der Waals surface area (Å²) in [7, 11) is 0. The van der Waals surface area contributed by atoms with Gasteiger partial charge in [0.1, 0.15) is 0 Å². The van der Waals surface area contributed by atoms with Crippen LogP contribution >= 0.6 is 0 Å². The van der Waals surface area contributed by atoms with Crippen LogP contribution in [0.4, 0.5) is 13.2 Å². The molecular weight excluding hydrogens is 165 g/mol. The lowest BCUT2D eigenvalue weighted by Crippen LogP contribution is -2.35. The zero-order chi connectivity index (χ0) is 8.77. The average molecular weight is 176 g/mol. The van der Waals surface area contributed by atoms with E-state index in [1.807, 2.05) is 0 Å². The van der Waals surface area contributed by atoms with E-state index in [1.54, 1.807) is 0 Å². The highest BCUT2D eigenvalue weighted by molar-refractivity contribution is 5.27. The van der Waals surface area contributed by atoms with Gasteiger partial charge in [-0.2, -0.15) is 13.2 Å². The van der Waals surface area contributed by atoms with Crippen molar-refractivity contribution in [3.05, 3.63) is 11.6 Å². The van der Waals surface area contributed by atoms with E-state index in [2.05, 4.69) is 0 Å². The van der Waals surface area contributed by atoms with Crippen molar-refractivity contribution in [3.8, 4) is 0 Å². The molecular formula is C9H11F3. The van der Waals surface area contributed by atoms with Crippen LogP contribution in [0.3, 0.4) is 0 Å². The monoisotopic (exact) mass is 176 g/mol. The maximum absolute atomic E-state index is 12.2. The summed E-state index contributed by atoms with van der Waals surface area (Å²) in [5.41, 5.74) is -0.257. The topological polar surface area (TPSA) is 0 Å². The summed E-state index contributed by atoms with van der Waals surface area (Å²) < 4.78 is 36.6. The Kier molecular flexibility index (Phi) is 1.70. The molecule has 12 heavy (non-hydrogen) atoms. The van der Waals surface area contributed by atoms with E-state index in [0.29, 0.717) is 0 Å². The lowest BCUT2D eigenvalue weighted by Gasteiger charge is -2.40. The molecule has 0 aromatic rings. The predicted molar refractivity (Wildman–Crippen MR) is 39.6 cm³/mol. The highest BCUT2D eigenvalue weighted by Crippen LogP contribution is 2.50. The summed E-state index contributed by atoms with van der Waals surface area (Å²) in [5, 5.41) is 0. The van der Waals surface area contributed by atoms with Gasteiger partial charge in [0.05, 0.1) is 0 Å². The van der Waals surface area contributed by atoms with E-state index in [1.165, 1.54) is 6.08 Å². The summed E-state index contributed by atoms with van der Waals surface area (Å²) in [6.45, 7) is 0. The molecule has 0 nitrogen and oxygen atoms in total. The quantitative estimate of drug-likeness (QED) is 0.497. The fraction of sp³-hybridized carbons (Fsp3) is 0.778. The maximum Gasteiger partial charge on any atom is 0.412 e. The predicted octanol–water partition coefficient (Wildman–Crippen LogP) is 3.30. The van der Waals surface area contributed by atoms with Gasteiger partial charge in [-0.1, -0.05) is 18.9 Å². The average Bonchev–Trinajstić information content (AvgIpc) is 1.88. The number of fused-ring (bicyclic) bond motifs is 1. The molecule has 2 unspecified atom stereocenters. The summed E-state index contributed by atoms with van der Waals surface area (Å²) in [4.78, 5) is 0. The lowest BCUT2D eigenvalue weighted by molar-refractivity contribution is -0.109. The summed E-state index contributed by atoms with van der Waals surface area (Å²) in [6, 6.07) is 0. The first-order valence-corrected chi connectivity index (χ1v) is 4.38. The Morgan fingerprint density at radius 2 is 1.83 bits per heavy atom. The zero-order valence-corrected chi connectivity index (χ0v) is 6.69. The smallest absolute Gasteiger partial charge is 0.166 e. The van der Waals surface area contributed by atoms with Crippen molar-refractivity contribution in [1.29, 1.82) is 0 Å². The molecule has 0 heterocycles. The van der Waals surface area contributed by atoms with Crippen LogP contribution in [0.1, 0.15) is 25.7 Å². The van der Waals surface area contributed by atoms with Gasteiger partial charge in [0.25, 0.3) is 0 Å². The summed E-state index contributed by atoms with van der Waals surface area (Å²) in [5.74, 6) is 0.0918. The third-order valence-corrected chi connectivity index (χ3v) is 2.94. The molecule has 1 saturated carbocycles. The van der Waals surface area contributed by atoms with E-state index in [-0.39, 0.29) is 17.4 Å². The van der Waals surface area contributed by atoms with Crippen molar-refractivity contribution < 1.29 is 13.2 Å². The molecule has 0 saturated heterocycles. The second-order valence-electron chi connectivity index (χ2n) is 3.67. The summed E-state index contributed by atoms with van der Waals surface area (Å²) >= 11 is 0. The summed E-state index contributed by atoms with van der Waals surface area (Å²) in [6.07, 6.45) is 1.14. The van der Waals surface area contributed by atoms with Crippen LogP contribution in [0, 0.1) is 11.8 Å². The number of alkyl halides is 3. The Morgan fingerprint density at radius 1 is 1.17 bits per heavy atom. The fourth-order valence-corrected chi connectivity index (χ4v) is 2.29. The van der Waals surface area contributed by atoms with Gasteiger partial charge in [-0.3, -0.25) is 0 Å². The standard InChI is InChI=1S/C9H11F3/c10-9(11,12)8-5-6-3-1-2-4-7(6)8/h5-7H,1-4H2. The molecule has 2 rings (SSSR count). The van der Waals surface area contributed by atoms with Gasteiger partial charge in [0.15, 0.2) is 0 Å². The zero-order valence-electron chi connectivity index (χ0n) is 6.69. The Labute approximate surface area is 69.5 Å². The molecule has 0 aromatic heterocycles. The van der Waals surface area contributed by atoms with Crippen molar-refractivity contribution in [2.75, 3.05) is 0 Å². The molecule has 2 aliphatic carbocycles. The van der Waals surface area contributed by atoms with Crippen molar-refractivity contribution in [2.24, 2.45) is 11.8 Å². The second kappa shape index (κ2) is 2.51. The Hall–Kier alpha value is -0.470. The third kappa shape index (κ3) is 1.15. The molecule has 0 radical (unpaired) electrons. The van der Waals surface area contributed by atoms with Gasteiger partial charge in [0.2, 0.25) is 0 Å². The van der Waals surface area contributed by atoms with Crippen LogP contribution in [-0.4, -0.2) is 6.18 Å². The van der Waals surface area contributed by atoms with Gasteiger partial charge in [-0.25, -0.2) is 0 Å². The van der Waals surface area contributed by atoms with E-state index in [0.717, 1.165) is 25.7 Å². The first kappa shape index (κ1) is 8.14. The van der Waals surface area contributed by atoms with Crippen LogP contribution < -0.4 is 0 Å². The minimum absolute atomic E-state index is 0.154. The van der Waals surface area contributed by atoms with Crippen LogP contribution in [0.5, 0.6) is 0 Å². The van der Waals surface area contributed by atoms with Crippen molar-refractivity contribution >= 4 is 0 Å². The van der Waals surface area contributed by atoms with Crippen molar-refractivity contribution in [2.45, 2.75) is 31.9 Å². The number of allylic oxidation sites excluding steroid dienone is 2. The molecule has 3 heteroatoms. The number of hydrogen-bond acceptors (Lipinski definition) is 0. The molecule has 1 fully saturated rings. The van der Waals surface area contributed by atoms with E-state index < -0.39 is 6.18 Å². The van der Waals surface area contributed by atoms with E-state index >= 15 is 0 Å². The number of rotatable bonds is 0. The van der Waals surface area contributed by atoms with Gasteiger partial charge in [-0.15, -0.1) is 0 Å². The Bertz CT molecular complexity index is 214. The normalized spacial score (nSPS) is 35.1. The van der Waals surface area contributed by atoms with E-state index in [4.69, 9.17) is 0 Å². The van der Waals surface area contributed by atoms with Gasteiger partial charge >= 0.3 is 6.18 Å². The molecule has 2 atom stereocenters. The molecule has 0 aliphatic heterocycles.